The van der Waals surface area contributed by atoms with Gasteiger partial charge in [-0.25, -0.2) is 4.98 Å². The van der Waals surface area contributed by atoms with Crippen molar-refractivity contribution in [1.29, 1.82) is 0 Å². The molecule has 0 aliphatic rings. The van der Waals surface area contributed by atoms with E-state index in [1.807, 2.05) is 12.3 Å². The SMILES string of the molecule is c1ccc(-c2cc(-n3c4ccccc4c4cc(-c5cccc(-c6ccc7c8ccccc8n(-c8ccc9c(c8)c8ncccc8n9-c8ccccc8)c7c6)c5)ccc43)cc(-c3ccccc3)n2)cc1. The summed E-state index contributed by atoms with van der Waals surface area (Å²) in [5, 5.41) is 5.99. The lowest BCUT2D eigenvalue weighted by Gasteiger charge is -2.13. The molecular formula is C64H41N5. The minimum atomic E-state index is 0.940. The van der Waals surface area contributed by atoms with Crippen LogP contribution in [0.4, 0.5) is 0 Å². The van der Waals surface area contributed by atoms with Crippen LogP contribution in [0.15, 0.2) is 249 Å². The Bertz CT molecular complexity index is 4240. The monoisotopic (exact) mass is 879 g/mol. The maximum Gasteiger partial charge on any atom is 0.0964 e. The van der Waals surface area contributed by atoms with Gasteiger partial charge < -0.3 is 13.7 Å². The third-order valence-electron chi connectivity index (χ3n) is 13.9. The summed E-state index contributed by atoms with van der Waals surface area (Å²) in [4.78, 5) is 10.1. The van der Waals surface area contributed by atoms with Gasteiger partial charge in [-0.2, -0.15) is 0 Å². The molecule has 0 unspecified atom stereocenters. The van der Waals surface area contributed by atoms with Gasteiger partial charge in [0.1, 0.15) is 0 Å². The molecule has 14 rings (SSSR count). The zero-order chi connectivity index (χ0) is 45.4. The van der Waals surface area contributed by atoms with E-state index in [9.17, 15) is 0 Å². The Morgan fingerprint density at radius 1 is 0.246 bits per heavy atom. The largest absolute Gasteiger partial charge is 0.309 e. The van der Waals surface area contributed by atoms with Crippen LogP contribution in [0.1, 0.15) is 0 Å². The molecule has 0 aliphatic carbocycles. The fourth-order valence-electron chi connectivity index (χ4n) is 10.7. The lowest BCUT2D eigenvalue weighted by molar-refractivity contribution is 1.16. The maximum atomic E-state index is 5.19. The van der Waals surface area contributed by atoms with Crippen molar-refractivity contribution in [2.24, 2.45) is 0 Å². The average molecular weight is 880 g/mol. The Morgan fingerprint density at radius 3 is 1.45 bits per heavy atom. The Morgan fingerprint density at radius 2 is 0.739 bits per heavy atom. The summed E-state index contributed by atoms with van der Waals surface area (Å²) in [6.07, 6.45) is 1.90. The van der Waals surface area contributed by atoms with Crippen LogP contribution in [-0.2, 0) is 0 Å². The summed E-state index contributed by atoms with van der Waals surface area (Å²) in [6.45, 7) is 0. The van der Waals surface area contributed by atoms with Crippen LogP contribution in [0, 0.1) is 0 Å². The molecule has 5 heterocycles. The highest BCUT2D eigenvalue weighted by Crippen LogP contribution is 2.40. The van der Waals surface area contributed by atoms with Gasteiger partial charge in [0.2, 0.25) is 0 Å². The Balaban J connectivity index is 0.890. The van der Waals surface area contributed by atoms with E-state index in [0.29, 0.717) is 0 Å². The topological polar surface area (TPSA) is 40.6 Å². The number of aromatic nitrogens is 5. The molecule has 9 aromatic carbocycles. The highest BCUT2D eigenvalue weighted by atomic mass is 15.0. The van der Waals surface area contributed by atoms with E-state index in [-0.39, 0.29) is 0 Å². The molecule has 0 amide bonds. The van der Waals surface area contributed by atoms with E-state index in [4.69, 9.17) is 9.97 Å². The summed E-state index contributed by atoms with van der Waals surface area (Å²) in [7, 11) is 0. The highest BCUT2D eigenvalue weighted by molar-refractivity contribution is 6.13. The zero-order valence-electron chi connectivity index (χ0n) is 37.4. The predicted octanol–water partition coefficient (Wildman–Crippen LogP) is 16.4. The molecule has 0 saturated heterocycles. The van der Waals surface area contributed by atoms with Gasteiger partial charge in [-0.3, -0.25) is 4.98 Å². The summed E-state index contributed by atoms with van der Waals surface area (Å²) >= 11 is 0. The van der Waals surface area contributed by atoms with Crippen molar-refractivity contribution in [2.75, 3.05) is 0 Å². The van der Waals surface area contributed by atoms with Crippen molar-refractivity contribution >= 4 is 65.5 Å². The number of pyridine rings is 2. The Labute approximate surface area is 398 Å². The first-order valence-corrected chi connectivity index (χ1v) is 23.5. The number of rotatable bonds is 7. The second kappa shape index (κ2) is 15.7. The predicted molar refractivity (Wildman–Crippen MR) is 287 cm³/mol. The lowest BCUT2D eigenvalue weighted by Crippen LogP contribution is -1.98. The number of nitrogens with zero attached hydrogens (tertiary/aromatic N) is 5. The third kappa shape index (κ3) is 6.32. The molecule has 0 N–H and O–H groups in total. The van der Waals surface area contributed by atoms with Crippen LogP contribution in [0.2, 0.25) is 0 Å². The van der Waals surface area contributed by atoms with E-state index in [1.54, 1.807) is 0 Å². The van der Waals surface area contributed by atoms with Gasteiger partial charge in [0.05, 0.1) is 55.7 Å². The summed E-state index contributed by atoms with van der Waals surface area (Å²) in [5.41, 5.74) is 19.9. The molecule has 322 valence electrons. The second-order valence-electron chi connectivity index (χ2n) is 17.8. The van der Waals surface area contributed by atoms with Crippen LogP contribution >= 0.6 is 0 Å². The molecule has 0 radical (unpaired) electrons. The molecule has 5 nitrogen and oxygen atoms in total. The fraction of sp³-hybridized carbons (Fsp3) is 0. The molecule has 0 atom stereocenters. The van der Waals surface area contributed by atoms with Gasteiger partial charge >= 0.3 is 0 Å². The van der Waals surface area contributed by atoms with Crippen LogP contribution in [-0.4, -0.2) is 23.7 Å². The van der Waals surface area contributed by atoms with Crippen LogP contribution in [0.3, 0.4) is 0 Å². The van der Waals surface area contributed by atoms with Gasteiger partial charge in [0.15, 0.2) is 0 Å². The van der Waals surface area contributed by atoms with Gasteiger partial charge in [-0.05, 0) is 113 Å². The molecule has 0 fully saturated rings. The van der Waals surface area contributed by atoms with Gasteiger partial charge in [0.25, 0.3) is 0 Å². The molecule has 5 heteroatoms. The molecule has 0 bridgehead atoms. The zero-order valence-corrected chi connectivity index (χ0v) is 37.4. The minimum absolute atomic E-state index is 0.940. The number of fused-ring (bicyclic) bond motifs is 9. The third-order valence-corrected chi connectivity index (χ3v) is 13.9. The quantitative estimate of drug-likeness (QED) is 0.160. The normalized spacial score (nSPS) is 11.8. The van der Waals surface area contributed by atoms with E-state index in [0.717, 1.165) is 89.2 Å². The number of hydrogen-bond acceptors (Lipinski definition) is 2. The molecule has 0 aliphatic heterocycles. The van der Waals surface area contributed by atoms with Crippen LogP contribution < -0.4 is 0 Å². The highest BCUT2D eigenvalue weighted by Gasteiger charge is 2.19. The van der Waals surface area contributed by atoms with Crippen molar-refractivity contribution in [3.63, 3.8) is 0 Å². The van der Waals surface area contributed by atoms with E-state index in [1.165, 1.54) is 38.2 Å². The molecular weight excluding hydrogens is 839 g/mol. The summed E-state index contributed by atoms with van der Waals surface area (Å²) < 4.78 is 7.14. The number of benzene rings is 9. The first kappa shape index (κ1) is 38.9. The summed E-state index contributed by atoms with van der Waals surface area (Å²) in [5.74, 6) is 0. The maximum absolute atomic E-state index is 5.19. The average Bonchev–Trinajstić information content (AvgIpc) is 4.06. The molecule has 69 heavy (non-hydrogen) atoms. The minimum Gasteiger partial charge on any atom is -0.309 e. The van der Waals surface area contributed by atoms with Crippen LogP contribution in [0.25, 0.3) is 127 Å². The van der Waals surface area contributed by atoms with Crippen molar-refractivity contribution in [3.05, 3.63) is 249 Å². The lowest BCUT2D eigenvalue weighted by atomic mass is 9.97. The standard InChI is InChI=1S/C64H41N5/c1-4-16-42(17-5-1)56-40-50(41-57(66-56)43-18-6-2-7-19-43)69-59-27-13-11-25-52(59)54-37-46(30-33-60(54)69)44-20-14-21-45(36-44)47-29-32-53-51-24-10-12-26-58(51)68(63(53)38-47)49-31-34-61-55(39-49)64-62(28-15-35-65-64)67(61)48-22-8-3-9-23-48/h1-41H. The van der Waals surface area contributed by atoms with Crippen molar-refractivity contribution in [2.45, 2.75) is 0 Å². The summed E-state index contributed by atoms with van der Waals surface area (Å²) in [6, 6.07) is 87.3. The van der Waals surface area contributed by atoms with E-state index < -0.39 is 0 Å². The van der Waals surface area contributed by atoms with Crippen molar-refractivity contribution in [3.8, 4) is 61.8 Å². The molecule has 5 aromatic heterocycles. The van der Waals surface area contributed by atoms with Gasteiger partial charge in [0, 0.05) is 55.6 Å². The molecule has 0 saturated carbocycles. The number of para-hydroxylation sites is 3. The van der Waals surface area contributed by atoms with Crippen molar-refractivity contribution < 1.29 is 0 Å². The first-order chi connectivity index (χ1) is 34.2. The van der Waals surface area contributed by atoms with E-state index in [2.05, 4.69) is 250 Å². The fourth-order valence-corrected chi connectivity index (χ4v) is 10.7. The van der Waals surface area contributed by atoms with Gasteiger partial charge in [-0.1, -0.05) is 152 Å². The Hall–Kier alpha value is -9.32. The second-order valence-corrected chi connectivity index (χ2v) is 17.8. The van der Waals surface area contributed by atoms with Crippen LogP contribution in [0.5, 0.6) is 0 Å². The smallest absolute Gasteiger partial charge is 0.0964 e. The van der Waals surface area contributed by atoms with Gasteiger partial charge in [-0.15, -0.1) is 0 Å². The molecule has 0 spiro atoms. The number of hydrogen-bond donors (Lipinski definition) is 0. The first-order valence-electron chi connectivity index (χ1n) is 23.5. The Kier molecular flexibility index (Phi) is 8.83. The molecule has 14 aromatic rings. The van der Waals surface area contributed by atoms with Crippen molar-refractivity contribution in [1.82, 2.24) is 23.7 Å². The van der Waals surface area contributed by atoms with E-state index >= 15 is 0 Å².